The lowest BCUT2D eigenvalue weighted by atomic mass is 10.2. The van der Waals surface area contributed by atoms with E-state index in [1.165, 1.54) is 10.4 Å². The minimum absolute atomic E-state index is 0.229. The molecule has 1 aliphatic heterocycles. The van der Waals surface area contributed by atoms with Gasteiger partial charge in [0.1, 0.15) is 30.0 Å². The second-order valence-corrected chi connectivity index (χ2v) is 13.9. The summed E-state index contributed by atoms with van der Waals surface area (Å²) in [6, 6.07) is 20.2. The summed E-state index contributed by atoms with van der Waals surface area (Å²) in [4.78, 5) is 28.1. The highest BCUT2D eigenvalue weighted by atomic mass is 32.1. The van der Waals surface area contributed by atoms with Crippen LogP contribution in [-0.4, -0.2) is 64.8 Å². The Morgan fingerprint density at radius 1 is 0.933 bits per heavy atom. The predicted octanol–water partition coefficient (Wildman–Crippen LogP) is 7.80. The summed E-state index contributed by atoms with van der Waals surface area (Å²) >= 11 is 3.43. The summed E-state index contributed by atoms with van der Waals surface area (Å²) in [6.45, 7) is 10.0. The minimum atomic E-state index is -0.477. The number of carbonyl (C=O) groups is 1. The summed E-state index contributed by atoms with van der Waals surface area (Å²) < 4.78 is 17.8. The first kappa shape index (κ1) is 30.8. The van der Waals surface area contributed by atoms with E-state index in [4.69, 9.17) is 14.2 Å². The van der Waals surface area contributed by atoms with Crippen LogP contribution in [0.4, 0.5) is 16.3 Å². The molecule has 1 amide bonds. The first-order chi connectivity index (χ1) is 21.7. The first-order valence-corrected chi connectivity index (χ1v) is 16.6. The fourth-order valence-electron chi connectivity index (χ4n) is 5.01. The van der Waals surface area contributed by atoms with Gasteiger partial charge in [0.2, 0.25) is 0 Å². The Labute approximate surface area is 271 Å². The summed E-state index contributed by atoms with van der Waals surface area (Å²) in [5.41, 5.74) is 3.66. The maximum atomic E-state index is 12.4. The van der Waals surface area contributed by atoms with E-state index in [1.54, 1.807) is 41.0 Å². The van der Waals surface area contributed by atoms with Gasteiger partial charge in [-0.2, -0.15) is 0 Å². The standard InChI is InChI=1S/C34H37N5O4S2/c1-34(2,3)43-33(40)39-14-12-38(13-15-39)19-24-16-29(44-21-24)30-18-28-31(45-30)32(36-22-35-28)37-25-6-5-7-27(17-25)42-20-23-8-10-26(41-4)11-9-23/h5-11,16-18,21-22H,12-15,19-20H2,1-4H3,(H,35,36,37). The number of hydrogen-bond donors (Lipinski definition) is 1. The number of fused-ring (bicyclic) bond motifs is 1. The number of aromatic nitrogens is 2. The average molecular weight is 644 g/mol. The minimum Gasteiger partial charge on any atom is -0.497 e. The van der Waals surface area contributed by atoms with E-state index in [2.05, 4.69) is 37.7 Å². The van der Waals surface area contributed by atoms with Crippen LogP contribution in [0.1, 0.15) is 31.9 Å². The van der Waals surface area contributed by atoms with E-state index < -0.39 is 5.60 Å². The summed E-state index contributed by atoms with van der Waals surface area (Å²) in [6.07, 6.45) is 1.37. The molecular weight excluding hydrogens is 607 g/mol. The molecule has 9 nitrogen and oxygen atoms in total. The maximum absolute atomic E-state index is 12.4. The molecule has 1 saturated heterocycles. The van der Waals surface area contributed by atoms with Gasteiger partial charge in [0, 0.05) is 54.2 Å². The van der Waals surface area contributed by atoms with Gasteiger partial charge in [-0.3, -0.25) is 4.90 Å². The molecule has 1 fully saturated rings. The Hall–Kier alpha value is -4.19. The van der Waals surface area contributed by atoms with Gasteiger partial charge in [0.15, 0.2) is 5.82 Å². The topological polar surface area (TPSA) is 89.1 Å². The lowest BCUT2D eigenvalue weighted by molar-refractivity contribution is 0.0139. The van der Waals surface area contributed by atoms with Crippen molar-refractivity contribution in [2.24, 2.45) is 0 Å². The first-order valence-electron chi connectivity index (χ1n) is 14.9. The molecule has 3 aromatic heterocycles. The number of nitrogens with zero attached hydrogens (tertiary/aromatic N) is 4. The van der Waals surface area contributed by atoms with Crippen LogP contribution in [-0.2, 0) is 17.9 Å². The number of rotatable bonds is 9. The number of anilines is 2. The van der Waals surface area contributed by atoms with Crippen molar-refractivity contribution in [3.05, 3.63) is 83.5 Å². The van der Waals surface area contributed by atoms with E-state index in [0.29, 0.717) is 19.7 Å². The van der Waals surface area contributed by atoms with E-state index in [1.807, 2.05) is 69.3 Å². The Kier molecular flexibility index (Phi) is 9.20. The van der Waals surface area contributed by atoms with Gasteiger partial charge < -0.3 is 24.4 Å². The van der Waals surface area contributed by atoms with Gasteiger partial charge in [0.25, 0.3) is 0 Å². The van der Waals surface area contributed by atoms with Crippen LogP contribution in [0.5, 0.6) is 11.5 Å². The molecule has 1 N–H and O–H groups in total. The number of amides is 1. The highest BCUT2D eigenvalue weighted by molar-refractivity contribution is 7.26. The van der Waals surface area contributed by atoms with E-state index in [-0.39, 0.29) is 6.09 Å². The monoisotopic (exact) mass is 643 g/mol. The summed E-state index contributed by atoms with van der Waals surface area (Å²) in [5, 5.41) is 5.70. The lowest BCUT2D eigenvalue weighted by Crippen LogP contribution is -2.49. The van der Waals surface area contributed by atoms with Gasteiger partial charge in [-0.1, -0.05) is 18.2 Å². The summed E-state index contributed by atoms with van der Waals surface area (Å²) in [7, 11) is 1.66. The molecule has 6 rings (SSSR count). The van der Waals surface area contributed by atoms with E-state index >= 15 is 0 Å². The van der Waals surface area contributed by atoms with Gasteiger partial charge >= 0.3 is 6.09 Å². The smallest absolute Gasteiger partial charge is 0.410 e. The van der Waals surface area contributed by atoms with Crippen molar-refractivity contribution in [2.75, 3.05) is 38.6 Å². The van der Waals surface area contributed by atoms with Crippen molar-refractivity contribution in [3.8, 4) is 21.3 Å². The molecule has 0 aliphatic carbocycles. The van der Waals surface area contributed by atoms with Crippen LogP contribution >= 0.6 is 22.7 Å². The molecular formula is C34H37N5O4S2. The molecule has 4 heterocycles. The third-order valence-electron chi connectivity index (χ3n) is 7.30. The largest absolute Gasteiger partial charge is 0.497 e. The zero-order valence-corrected chi connectivity index (χ0v) is 27.5. The molecule has 0 saturated carbocycles. The number of thiophene rings is 2. The SMILES string of the molecule is COc1ccc(COc2cccc(Nc3ncnc4cc(-c5cc(CN6CCN(C(=O)OC(C)(C)C)CC6)cs5)sc34)c2)cc1. The van der Waals surface area contributed by atoms with Crippen LogP contribution in [0.3, 0.4) is 0 Å². The Balaban J connectivity index is 1.08. The second-order valence-electron chi connectivity index (χ2n) is 11.9. The number of piperazine rings is 1. The molecule has 1 aliphatic rings. The molecule has 11 heteroatoms. The molecule has 0 spiro atoms. The molecule has 5 aromatic rings. The lowest BCUT2D eigenvalue weighted by Gasteiger charge is -2.35. The van der Waals surface area contributed by atoms with Crippen LogP contribution in [0.15, 0.2) is 72.4 Å². The average Bonchev–Trinajstić information content (AvgIpc) is 3.68. The van der Waals surface area contributed by atoms with Crippen LogP contribution in [0.2, 0.25) is 0 Å². The van der Waals surface area contributed by atoms with Crippen molar-refractivity contribution in [2.45, 2.75) is 39.5 Å². The van der Waals surface area contributed by atoms with Crippen molar-refractivity contribution < 1.29 is 19.0 Å². The Morgan fingerprint density at radius 2 is 1.73 bits per heavy atom. The highest BCUT2D eigenvalue weighted by Gasteiger charge is 2.26. The fraction of sp³-hybridized carbons (Fsp3) is 0.324. The fourth-order valence-corrected chi connectivity index (χ4v) is 7.07. The van der Waals surface area contributed by atoms with E-state index in [9.17, 15) is 4.79 Å². The number of benzene rings is 2. The predicted molar refractivity (Wildman–Crippen MR) is 181 cm³/mol. The van der Waals surface area contributed by atoms with E-state index in [0.717, 1.165) is 63.3 Å². The molecule has 0 bridgehead atoms. The number of methoxy groups -OCH3 is 1. The van der Waals surface area contributed by atoms with Crippen LogP contribution < -0.4 is 14.8 Å². The molecule has 0 unspecified atom stereocenters. The molecule has 0 radical (unpaired) electrons. The molecule has 0 atom stereocenters. The highest BCUT2D eigenvalue weighted by Crippen LogP contribution is 2.39. The van der Waals surface area contributed by atoms with Crippen molar-refractivity contribution in [3.63, 3.8) is 0 Å². The third-order valence-corrected chi connectivity index (χ3v) is 9.61. The van der Waals surface area contributed by atoms with Gasteiger partial charge in [-0.05, 0) is 73.7 Å². The van der Waals surface area contributed by atoms with Crippen molar-refractivity contribution in [1.29, 1.82) is 0 Å². The van der Waals surface area contributed by atoms with Crippen LogP contribution in [0.25, 0.3) is 20.0 Å². The van der Waals surface area contributed by atoms with Crippen molar-refractivity contribution >= 4 is 50.5 Å². The zero-order valence-electron chi connectivity index (χ0n) is 25.9. The normalized spacial score (nSPS) is 14.0. The second kappa shape index (κ2) is 13.4. The number of hydrogen-bond acceptors (Lipinski definition) is 10. The summed E-state index contributed by atoms with van der Waals surface area (Å²) in [5.74, 6) is 2.36. The molecule has 2 aromatic carbocycles. The molecule has 45 heavy (non-hydrogen) atoms. The maximum Gasteiger partial charge on any atom is 0.410 e. The Bertz CT molecular complexity index is 1750. The quantitative estimate of drug-likeness (QED) is 0.174. The van der Waals surface area contributed by atoms with Crippen molar-refractivity contribution in [1.82, 2.24) is 19.8 Å². The van der Waals surface area contributed by atoms with Gasteiger partial charge in [0.05, 0.1) is 17.3 Å². The number of carbonyl (C=O) groups excluding carboxylic acids is 1. The molecule has 234 valence electrons. The van der Waals surface area contributed by atoms with Gasteiger partial charge in [-0.25, -0.2) is 14.8 Å². The van der Waals surface area contributed by atoms with Crippen LogP contribution in [0, 0.1) is 0 Å². The zero-order chi connectivity index (χ0) is 31.4. The number of ether oxygens (including phenoxy) is 3. The third kappa shape index (κ3) is 7.91. The van der Waals surface area contributed by atoms with Gasteiger partial charge in [-0.15, -0.1) is 22.7 Å². The number of nitrogens with one attached hydrogen (secondary N) is 1. The Morgan fingerprint density at radius 3 is 2.49 bits per heavy atom.